The predicted molar refractivity (Wildman–Crippen MR) is 87.5 cm³/mol. The van der Waals surface area contributed by atoms with Crippen molar-refractivity contribution >= 4 is 0 Å². The highest BCUT2D eigenvalue weighted by Crippen LogP contribution is 2.43. The first-order chi connectivity index (χ1) is 10.6. The van der Waals surface area contributed by atoms with Crippen LogP contribution in [-0.4, -0.2) is 31.2 Å². The molecule has 1 heterocycles. The molecule has 0 atom stereocenters. The van der Waals surface area contributed by atoms with E-state index in [2.05, 4.69) is 13.8 Å². The lowest BCUT2D eigenvalue weighted by molar-refractivity contribution is -0.247. The number of aliphatic hydroxyl groups excluding tert-OH is 1. The minimum absolute atomic E-state index is 0.0547. The summed E-state index contributed by atoms with van der Waals surface area (Å²) in [5.74, 6) is 3.02. The van der Waals surface area contributed by atoms with E-state index in [-0.39, 0.29) is 11.7 Å². The van der Waals surface area contributed by atoms with E-state index in [0.29, 0.717) is 18.4 Å². The first-order valence-electron chi connectivity index (χ1n) is 9.41. The Hall–Kier alpha value is -0.120. The van der Waals surface area contributed by atoms with E-state index in [9.17, 15) is 5.11 Å². The molecule has 2 saturated carbocycles. The number of rotatable bonds is 3. The Labute approximate surface area is 135 Å². The summed E-state index contributed by atoms with van der Waals surface area (Å²) >= 11 is 0. The van der Waals surface area contributed by atoms with Crippen molar-refractivity contribution in [2.75, 3.05) is 19.8 Å². The average Bonchev–Trinajstić information content (AvgIpc) is 2.55. The van der Waals surface area contributed by atoms with Gasteiger partial charge in [0.2, 0.25) is 0 Å². The Kier molecular flexibility index (Phi) is 5.47. The molecule has 0 aromatic carbocycles. The van der Waals surface area contributed by atoms with Gasteiger partial charge in [-0.05, 0) is 69.1 Å². The molecule has 0 amide bonds. The molecule has 2 aliphatic carbocycles. The van der Waals surface area contributed by atoms with Gasteiger partial charge >= 0.3 is 0 Å². The van der Waals surface area contributed by atoms with E-state index in [1.165, 1.54) is 51.4 Å². The van der Waals surface area contributed by atoms with Crippen molar-refractivity contribution < 1.29 is 14.6 Å². The molecule has 0 unspecified atom stereocenters. The fraction of sp³-hybridized carbons (Fsp3) is 1.00. The number of hydrogen-bond acceptors (Lipinski definition) is 3. The second-order valence-corrected chi connectivity index (χ2v) is 8.79. The van der Waals surface area contributed by atoms with Crippen LogP contribution >= 0.6 is 0 Å². The highest BCUT2D eigenvalue weighted by molar-refractivity contribution is 4.84. The fourth-order valence-electron chi connectivity index (χ4n) is 4.71. The highest BCUT2D eigenvalue weighted by atomic mass is 16.7. The maximum atomic E-state index is 9.28. The van der Waals surface area contributed by atoms with Gasteiger partial charge in [0.15, 0.2) is 6.29 Å². The van der Waals surface area contributed by atoms with Crippen LogP contribution in [-0.2, 0) is 9.47 Å². The molecule has 0 bridgehead atoms. The third-order valence-corrected chi connectivity index (χ3v) is 6.29. The van der Waals surface area contributed by atoms with E-state index >= 15 is 0 Å². The Morgan fingerprint density at radius 3 is 1.73 bits per heavy atom. The van der Waals surface area contributed by atoms with E-state index in [0.717, 1.165) is 25.0 Å². The lowest BCUT2D eigenvalue weighted by Crippen LogP contribution is -2.42. The summed E-state index contributed by atoms with van der Waals surface area (Å²) in [5.41, 5.74) is 0.180. The van der Waals surface area contributed by atoms with Crippen molar-refractivity contribution in [3.05, 3.63) is 0 Å². The van der Waals surface area contributed by atoms with Gasteiger partial charge in [0, 0.05) is 17.9 Å². The van der Waals surface area contributed by atoms with Crippen LogP contribution < -0.4 is 0 Å². The lowest BCUT2D eigenvalue weighted by Gasteiger charge is -2.42. The third-order valence-electron chi connectivity index (χ3n) is 6.29. The molecule has 22 heavy (non-hydrogen) atoms. The van der Waals surface area contributed by atoms with E-state index in [4.69, 9.17) is 9.47 Å². The maximum Gasteiger partial charge on any atom is 0.160 e. The van der Waals surface area contributed by atoms with Crippen LogP contribution in [0.2, 0.25) is 0 Å². The quantitative estimate of drug-likeness (QED) is 0.856. The summed E-state index contributed by atoms with van der Waals surface area (Å²) < 4.78 is 12.0. The monoisotopic (exact) mass is 310 g/mol. The molecule has 1 N–H and O–H groups in total. The molecule has 3 rings (SSSR count). The Morgan fingerprint density at radius 1 is 0.773 bits per heavy atom. The van der Waals surface area contributed by atoms with Crippen molar-refractivity contribution in [1.82, 2.24) is 0 Å². The van der Waals surface area contributed by atoms with Crippen LogP contribution in [0.1, 0.15) is 65.2 Å². The van der Waals surface area contributed by atoms with Gasteiger partial charge in [-0.3, -0.25) is 0 Å². The van der Waals surface area contributed by atoms with Crippen molar-refractivity contribution in [2.24, 2.45) is 29.1 Å². The predicted octanol–water partition coefficient (Wildman–Crippen LogP) is 3.99. The van der Waals surface area contributed by atoms with Gasteiger partial charge in [-0.25, -0.2) is 0 Å². The van der Waals surface area contributed by atoms with Crippen molar-refractivity contribution in [1.29, 1.82) is 0 Å². The molecular formula is C19H34O3. The summed E-state index contributed by atoms with van der Waals surface area (Å²) in [6.07, 6.45) is 10.5. The smallest absolute Gasteiger partial charge is 0.160 e. The van der Waals surface area contributed by atoms with Crippen molar-refractivity contribution in [2.45, 2.75) is 71.5 Å². The highest BCUT2D eigenvalue weighted by Gasteiger charge is 2.37. The molecule has 0 aromatic heterocycles. The minimum Gasteiger partial charge on any atom is -0.396 e. The van der Waals surface area contributed by atoms with Gasteiger partial charge < -0.3 is 14.6 Å². The molecule has 128 valence electrons. The molecule has 1 aliphatic heterocycles. The Balaban J connectivity index is 1.41. The van der Waals surface area contributed by atoms with Crippen molar-refractivity contribution in [3.63, 3.8) is 0 Å². The maximum absolute atomic E-state index is 9.28. The number of ether oxygens (including phenoxy) is 2. The molecule has 3 heteroatoms. The van der Waals surface area contributed by atoms with Crippen LogP contribution in [0.25, 0.3) is 0 Å². The first kappa shape index (κ1) is 16.7. The second kappa shape index (κ2) is 7.19. The standard InChI is InChI=1S/C19H34O3/c1-19(2)12-21-18(22-13-19)17-9-7-16(8-10-17)15-5-3-14(11-20)4-6-15/h14-18,20H,3-13H2,1-2H3. The summed E-state index contributed by atoms with van der Waals surface area (Å²) in [7, 11) is 0. The Bertz CT molecular complexity index is 329. The van der Waals surface area contributed by atoms with Gasteiger partial charge in [0.1, 0.15) is 0 Å². The molecule has 0 spiro atoms. The topological polar surface area (TPSA) is 38.7 Å². The van der Waals surface area contributed by atoms with Crippen LogP contribution in [0.3, 0.4) is 0 Å². The lowest BCUT2D eigenvalue weighted by atomic mass is 9.69. The van der Waals surface area contributed by atoms with Gasteiger partial charge in [0.25, 0.3) is 0 Å². The summed E-state index contributed by atoms with van der Waals surface area (Å²) in [6, 6.07) is 0. The minimum atomic E-state index is 0.0547. The van der Waals surface area contributed by atoms with Crippen molar-refractivity contribution in [3.8, 4) is 0 Å². The SMILES string of the molecule is CC1(C)COC(C2CCC(C3CCC(CO)CC3)CC2)OC1. The van der Waals surface area contributed by atoms with E-state index in [1.54, 1.807) is 0 Å². The Morgan fingerprint density at radius 2 is 1.23 bits per heavy atom. The first-order valence-corrected chi connectivity index (χ1v) is 9.41. The third kappa shape index (κ3) is 4.04. The van der Waals surface area contributed by atoms with Gasteiger partial charge in [-0.1, -0.05) is 13.8 Å². The molecule has 0 radical (unpaired) electrons. The van der Waals surface area contributed by atoms with Crippen LogP contribution in [0.4, 0.5) is 0 Å². The molecule has 3 fully saturated rings. The van der Waals surface area contributed by atoms with E-state index < -0.39 is 0 Å². The molecule has 1 saturated heterocycles. The molecular weight excluding hydrogens is 276 g/mol. The molecule has 3 nitrogen and oxygen atoms in total. The number of hydrogen-bond donors (Lipinski definition) is 1. The zero-order chi connectivity index (χ0) is 15.6. The van der Waals surface area contributed by atoms with Crippen LogP contribution in [0.5, 0.6) is 0 Å². The second-order valence-electron chi connectivity index (χ2n) is 8.79. The zero-order valence-corrected chi connectivity index (χ0v) is 14.4. The van der Waals surface area contributed by atoms with Crippen LogP contribution in [0, 0.1) is 29.1 Å². The summed E-state index contributed by atoms with van der Waals surface area (Å²) in [4.78, 5) is 0. The van der Waals surface area contributed by atoms with Gasteiger partial charge in [-0.2, -0.15) is 0 Å². The normalized spacial score (nSPS) is 40.5. The van der Waals surface area contributed by atoms with E-state index in [1.807, 2.05) is 0 Å². The fourth-order valence-corrected chi connectivity index (χ4v) is 4.71. The van der Waals surface area contributed by atoms with Gasteiger partial charge in [-0.15, -0.1) is 0 Å². The summed E-state index contributed by atoms with van der Waals surface area (Å²) in [5, 5.41) is 9.28. The number of aliphatic hydroxyl groups is 1. The average molecular weight is 310 g/mol. The molecule has 3 aliphatic rings. The van der Waals surface area contributed by atoms with Gasteiger partial charge in [0.05, 0.1) is 13.2 Å². The summed E-state index contributed by atoms with van der Waals surface area (Å²) in [6.45, 7) is 6.49. The zero-order valence-electron chi connectivity index (χ0n) is 14.4. The largest absolute Gasteiger partial charge is 0.396 e. The molecule has 0 aromatic rings. The van der Waals surface area contributed by atoms with Crippen LogP contribution in [0.15, 0.2) is 0 Å².